The number of nitrogens with zero attached hydrogens (tertiary/aromatic N) is 3. The number of rotatable bonds is 9. The minimum atomic E-state index is -4.42. The van der Waals surface area contributed by atoms with Gasteiger partial charge in [0.2, 0.25) is 0 Å². The van der Waals surface area contributed by atoms with E-state index in [0.717, 1.165) is 11.0 Å². The topological polar surface area (TPSA) is 84.7 Å². The predicted molar refractivity (Wildman–Crippen MR) is 126 cm³/mol. The number of thioether (sulfide) groups is 1. The summed E-state index contributed by atoms with van der Waals surface area (Å²) in [5.74, 6) is 0.508. The third kappa shape index (κ3) is 7.03. The molecular formula is C24H26F3N3O5S. The molecule has 1 fully saturated rings. The second kappa shape index (κ2) is 11.8. The molecule has 1 aromatic carbocycles. The summed E-state index contributed by atoms with van der Waals surface area (Å²) in [6.07, 6.45) is -2.60. The van der Waals surface area contributed by atoms with Crippen LogP contribution in [0.25, 0.3) is 11.0 Å². The Morgan fingerprint density at radius 3 is 2.78 bits per heavy atom. The second-order valence-electron chi connectivity index (χ2n) is 8.14. The van der Waals surface area contributed by atoms with Crippen LogP contribution in [0, 0.1) is 6.92 Å². The summed E-state index contributed by atoms with van der Waals surface area (Å²) in [6, 6.07) is 8.99. The van der Waals surface area contributed by atoms with Crippen molar-refractivity contribution in [2.24, 2.45) is 0 Å². The molecule has 0 N–H and O–H groups in total. The third-order valence-electron chi connectivity index (χ3n) is 5.57. The monoisotopic (exact) mass is 525 g/mol. The summed E-state index contributed by atoms with van der Waals surface area (Å²) in [4.78, 5) is 21.1. The highest BCUT2D eigenvalue weighted by Gasteiger charge is 2.29. The van der Waals surface area contributed by atoms with Crippen LogP contribution < -0.4 is 4.74 Å². The normalized spacial score (nSPS) is 14.7. The van der Waals surface area contributed by atoms with Crippen molar-refractivity contribution in [3.8, 4) is 5.75 Å². The first-order valence-electron chi connectivity index (χ1n) is 11.4. The number of fused-ring (bicyclic) bond motifs is 1. The number of carbonyl (C=O) groups is 1. The van der Waals surface area contributed by atoms with E-state index in [0.29, 0.717) is 54.8 Å². The van der Waals surface area contributed by atoms with Crippen molar-refractivity contribution in [1.29, 1.82) is 0 Å². The van der Waals surface area contributed by atoms with E-state index in [-0.39, 0.29) is 18.5 Å². The molecule has 8 nitrogen and oxygen atoms in total. The van der Waals surface area contributed by atoms with Gasteiger partial charge in [0.05, 0.1) is 36.5 Å². The second-order valence-corrected chi connectivity index (χ2v) is 9.08. The van der Waals surface area contributed by atoms with Crippen LogP contribution in [0.1, 0.15) is 24.1 Å². The van der Waals surface area contributed by atoms with Crippen molar-refractivity contribution in [2.45, 2.75) is 49.5 Å². The fourth-order valence-corrected chi connectivity index (χ4v) is 4.78. The highest BCUT2D eigenvalue weighted by molar-refractivity contribution is 7.98. The van der Waals surface area contributed by atoms with Crippen LogP contribution in [0.3, 0.4) is 0 Å². The number of carbonyl (C=O) groups excluding carboxylic acids is 1. The number of imidazole rings is 1. The van der Waals surface area contributed by atoms with E-state index in [1.165, 1.54) is 24.0 Å². The largest absolute Gasteiger partial charge is 0.508 e. The van der Waals surface area contributed by atoms with Crippen molar-refractivity contribution in [1.82, 2.24) is 14.5 Å². The molecule has 194 valence electrons. The molecule has 1 saturated heterocycles. The molecule has 3 aromatic rings. The molecule has 12 heteroatoms. The molecule has 0 aliphatic carbocycles. The van der Waals surface area contributed by atoms with E-state index in [9.17, 15) is 18.0 Å². The van der Waals surface area contributed by atoms with E-state index in [4.69, 9.17) is 18.9 Å². The van der Waals surface area contributed by atoms with E-state index in [1.54, 1.807) is 6.92 Å². The Bertz CT molecular complexity index is 1180. The predicted octanol–water partition coefficient (Wildman–Crippen LogP) is 5.31. The molecule has 4 rings (SSSR count). The highest BCUT2D eigenvalue weighted by atomic mass is 32.2. The standard InChI is InChI=1S/C24H26F3N3O5S/c1-16-19(28-9-6-21(16)34-15-24(25,26)27)14-36-22-29-18-4-2-3-5-20(18)30(22)10-13-33-23(31)35-17-7-11-32-12-8-17/h2-6,9,17H,7-8,10-15H2,1H3. The number of para-hydroxylation sites is 2. The number of hydrogen-bond acceptors (Lipinski definition) is 8. The lowest BCUT2D eigenvalue weighted by Gasteiger charge is -2.21. The summed E-state index contributed by atoms with van der Waals surface area (Å²) < 4.78 is 60.4. The van der Waals surface area contributed by atoms with Crippen LogP contribution in [-0.4, -0.2) is 59.4 Å². The van der Waals surface area contributed by atoms with E-state index in [1.807, 2.05) is 28.8 Å². The van der Waals surface area contributed by atoms with Crippen molar-refractivity contribution in [3.05, 3.63) is 47.8 Å². The summed E-state index contributed by atoms with van der Waals surface area (Å²) in [5.41, 5.74) is 2.77. The maximum Gasteiger partial charge on any atom is 0.508 e. The Morgan fingerprint density at radius 2 is 2.00 bits per heavy atom. The zero-order chi connectivity index (χ0) is 25.5. The smallest absolute Gasteiger partial charge is 0.484 e. The number of hydrogen-bond donors (Lipinski definition) is 0. The van der Waals surface area contributed by atoms with Crippen molar-refractivity contribution >= 4 is 29.0 Å². The number of benzene rings is 1. The lowest BCUT2D eigenvalue weighted by molar-refractivity contribution is -0.153. The molecule has 0 amide bonds. The van der Waals surface area contributed by atoms with Crippen LogP contribution in [0.15, 0.2) is 41.7 Å². The minimum absolute atomic E-state index is 0.0913. The quantitative estimate of drug-likeness (QED) is 0.275. The van der Waals surface area contributed by atoms with Crippen LogP contribution >= 0.6 is 11.8 Å². The zero-order valence-electron chi connectivity index (χ0n) is 19.6. The Morgan fingerprint density at radius 1 is 1.22 bits per heavy atom. The average Bonchev–Trinajstić information content (AvgIpc) is 3.20. The molecule has 1 aliphatic heterocycles. The summed E-state index contributed by atoms with van der Waals surface area (Å²) in [5, 5.41) is 0.667. The molecule has 0 unspecified atom stereocenters. The molecule has 3 heterocycles. The Kier molecular flexibility index (Phi) is 8.57. The molecule has 36 heavy (non-hydrogen) atoms. The van der Waals surface area contributed by atoms with Gasteiger partial charge in [-0.1, -0.05) is 23.9 Å². The van der Waals surface area contributed by atoms with E-state index in [2.05, 4.69) is 9.97 Å². The number of ether oxygens (including phenoxy) is 4. The van der Waals surface area contributed by atoms with Crippen molar-refractivity contribution in [3.63, 3.8) is 0 Å². The van der Waals surface area contributed by atoms with Gasteiger partial charge in [-0.05, 0) is 25.1 Å². The molecule has 0 atom stereocenters. The van der Waals surface area contributed by atoms with Crippen molar-refractivity contribution in [2.75, 3.05) is 26.4 Å². The van der Waals surface area contributed by atoms with E-state index < -0.39 is 18.9 Å². The van der Waals surface area contributed by atoms with Crippen LogP contribution in [0.4, 0.5) is 18.0 Å². The first-order chi connectivity index (χ1) is 17.3. The van der Waals surface area contributed by atoms with Gasteiger partial charge in [-0.3, -0.25) is 4.98 Å². The lowest BCUT2D eigenvalue weighted by Crippen LogP contribution is -2.27. The summed E-state index contributed by atoms with van der Waals surface area (Å²) >= 11 is 1.39. The number of aromatic nitrogens is 3. The van der Waals surface area contributed by atoms with Gasteiger partial charge in [-0.25, -0.2) is 9.78 Å². The Balaban J connectivity index is 1.40. The molecule has 0 radical (unpaired) electrons. The molecular weight excluding hydrogens is 499 g/mol. The number of pyridine rings is 1. The van der Waals surface area contributed by atoms with Crippen molar-refractivity contribution < 1.29 is 36.9 Å². The summed E-state index contributed by atoms with van der Waals surface area (Å²) in [7, 11) is 0. The zero-order valence-corrected chi connectivity index (χ0v) is 20.4. The maximum absolute atomic E-state index is 12.6. The Labute approximate surface area is 210 Å². The van der Waals surface area contributed by atoms with Crippen LogP contribution in [0.5, 0.6) is 5.75 Å². The first kappa shape index (κ1) is 26.1. The highest BCUT2D eigenvalue weighted by Crippen LogP contribution is 2.30. The minimum Gasteiger partial charge on any atom is -0.484 e. The molecule has 0 bridgehead atoms. The van der Waals surface area contributed by atoms with Crippen LogP contribution in [0.2, 0.25) is 0 Å². The third-order valence-corrected chi connectivity index (χ3v) is 6.56. The van der Waals surface area contributed by atoms with Gasteiger partial charge in [0.1, 0.15) is 18.5 Å². The molecule has 2 aromatic heterocycles. The molecule has 0 spiro atoms. The number of alkyl halides is 3. The Hall–Kier alpha value is -2.99. The summed E-state index contributed by atoms with van der Waals surface area (Å²) in [6.45, 7) is 1.88. The molecule has 0 saturated carbocycles. The van der Waals surface area contributed by atoms with E-state index >= 15 is 0 Å². The molecule has 1 aliphatic rings. The van der Waals surface area contributed by atoms with Gasteiger partial charge in [0, 0.05) is 30.4 Å². The maximum atomic E-state index is 12.6. The van der Waals surface area contributed by atoms with Crippen LogP contribution in [-0.2, 0) is 26.5 Å². The van der Waals surface area contributed by atoms with Gasteiger partial charge in [-0.15, -0.1) is 0 Å². The van der Waals surface area contributed by atoms with Gasteiger partial charge in [0.25, 0.3) is 0 Å². The van der Waals surface area contributed by atoms with Gasteiger partial charge < -0.3 is 23.5 Å². The van der Waals surface area contributed by atoms with Gasteiger partial charge in [-0.2, -0.15) is 13.2 Å². The SMILES string of the molecule is Cc1c(OCC(F)(F)F)ccnc1CSc1nc2ccccc2n1CCOC(=O)OC1CCOCC1. The fraction of sp³-hybridized carbons (Fsp3) is 0.458. The van der Waals surface area contributed by atoms with Gasteiger partial charge >= 0.3 is 12.3 Å². The number of halogens is 3. The average molecular weight is 526 g/mol. The fourth-order valence-electron chi connectivity index (χ4n) is 3.72. The first-order valence-corrected chi connectivity index (χ1v) is 12.4. The van der Waals surface area contributed by atoms with Gasteiger partial charge in [0.15, 0.2) is 11.8 Å². The lowest BCUT2D eigenvalue weighted by atomic mass is 10.2.